The molecule has 0 unspecified atom stereocenters. The lowest BCUT2D eigenvalue weighted by molar-refractivity contribution is -0.137. The van der Waals surface area contributed by atoms with Crippen LogP contribution in [0.15, 0.2) is 68.6 Å². The summed E-state index contributed by atoms with van der Waals surface area (Å²) < 4.78 is 51.2. The third kappa shape index (κ3) is 5.80. The van der Waals surface area contributed by atoms with E-state index < -0.39 is 22.3 Å². The first kappa shape index (κ1) is 24.3. The summed E-state index contributed by atoms with van der Waals surface area (Å²) in [6.45, 7) is 3.97. The summed E-state index contributed by atoms with van der Waals surface area (Å²) in [7, 11) is 0. The Bertz CT molecular complexity index is 1480. The second kappa shape index (κ2) is 9.79. The fourth-order valence-corrected chi connectivity index (χ4v) is 3.85. The average molecular weight is 504 g/mol. The molecule has 0 radical (unpaired) electrons. The summed E-state index contributed by atoms with van der Waals surface area (Å²) in [4.78, 5) is 29.1. The number of aryl methyl sites for hydroxylation is 1. The van der Waals surface area contributed by atoms with Crippen molar-refractivity contribution in [1.82, 2.24) is 13.9 Å². The van der Waals surface area contributed by atoms with Gasteiger partial charge in [-0.05, 0) is 61.4 Å². The molecule has 7 nitrogen and oxygen atoms in total. The monoisotopic (exact) mass is 503 g/mol. The molecule has 0 amide bonds. The number of aromatic amines is 1. The van der Waals surface area contributed by atoms with Crippen LogP contribution in [0.5, 0.6) is 5.75 Å². The zero-order chi connectivity index (χ0) is 25.2. The van der Waals surface area contributed by atoms with Gasteiger partial charge in [-0.1, -0.05) is 18.2 Å². The van der Waals surface area contributed by atoms with E-state index in [0.29, 0.717) is 22.8 Å². The van der Waals surface area contributed by atoms with E-state index >= 15 is 0 Å². The van der Waals surface area contributed by atoms with Crippen molar-refractivity contribution in [2.24, 2.45) is 0 Å². The molecule has 0 aliphatic rings. The van der Waals surface area contributed by atoms with Crippen LogP contribution in [0.1, 0.15) is 29.5 Å². The summed E-state index contributed by atoms with van der Waals surface area (Å²) in [6.07, 6.45) is -2.57. The molecule has 0 atom stereocenters. The predicted molar refractivity (Wildman–Crippen MR) is 125 cm³/mol. The Morgan fingerprint density at radius 3 is 2.60 bits per heavy atom. The van der Waals surface area contributed by atoms with Crippen molar-refractivity contribution in [2.75, 3.05) is 0 Å². The first-order chi connectivity index (χ1) is 16.6. The van der Waals surface area contributed by atoms with Gasteiger partial charge in [-0.15, -0.1) is 0 Å². The lowest BCUT2D eigenvalue weighted by Gasteiger charge is -2.08. The molecule has 0 spiro atoms. The Morgan fingerprint density at radius 2 is 1.94 bits per heavy atom. The molecule has 4 aromatic rings. The zero-order valence-corrected chi connectivity index (χ0v) is 19.5. The van der Waals surface area contributed by atoms with E-state index in [1.807, 2.05) is 31.2 Å². The second-order valence-corrected chi connectivity index (χ2v) is 8.66. The zero-order valence-electron chi connectivity index (χ0n) is 18.7. The van der Waals surface area contributed by atoms with Crippen molar-refractivity contribution < 1.29 is 22.3 Å². The highest BCUT2D eigenvalue weighted by Crippen LogP contribution is 2.31. The number of nitrogens with zero attached hydrogens (tertiary/aromatic N) is 2. The number of benzene rings is 2. The van der Waals surface area contributed by atoms with Crippen LogP contribution in [-0.2, 0) is 19.3 Å². The average Bonchev–Trinajstić information content (AvgIpc) is 3.36. The fraction of sp³-hybridized carbons (Fsp3) is 0.208. The normalized spacial score (nSPS) is 12.2. The third-order valence-electron chi connectivity index (χ3n) is 5.21. The first-order valence-electron chi connectivity index (χ1n) is 10.4. The van der Waals surface area contributed by atoms with Gasteiger partial charge in [0.15, 0.2) is 0 Å². The van der Waals surface area contributed by atoms with Gasteiger partial charge in [0.1, 0.15) is 23.8 Å². The standard InChI is InChI=1S/C24H20F3N3O4S/c1-14(10-11-30-22(31)29-23(32)35-30)17-4-3-5-19(12-17)33-13-20-15(2)34-21(28-20)16-6-8-18(9-7-16)24(25,26)27/h3-10,12H,11,13H2,1-2H3,(H,29,31,32)/b14-10+. The summed E-state index contributed by atoms with van der Waals surface area (Å²) in [5, 5.41) is 0. The Kier molecular flexibility index (Phi) is 6.79. The van der Waals surface area contributed by atoms with Crippen molar-refractivity contribution in [3.05, 3.63) is 97.3 Å². The number of halogens is 3. The van der Waals surface area contributed by atoms with E-state index in [4.69, 9.17) is 9.15 Å². The molecular weight excluding hydrogens is 483 g/mol. The Labute approximate surface area is 201 Å². The lowest BCUT2D eigenvalue weighted by atomic mass is 10.1. The number of alkyl halides is 3. The van der Waals surface area contributed by atoms with Crippen LogP contribution in [0.2, 0.25) is 0 Å². The van der Waals surface area contributed by atoms with Crippen LogP contribution >= 0.6 is 11.5 Å². The van der Waals surface area contributed by atoms with Gasteiger partial charge in [0, 0.05) is 17.1 Å². The number of nitrogens with one attached hydrogen (secondary N) is 1. The molecule has 0 bridgehead atoms. The van der Waals surface area contributed by atoms with Crippen molar-refractivity contribution in [3.63, 3.8) is 0 Å². The number of H-pyrrole nitrogens is 1. The highest BCUT2D eigenvalue weighted by molar-refractivity contribution is 7.03. The minimum absolute atomic E-state index is 0.106. The molecule has 0 saturated carbocycles. The number of rotatable bonds is 7. The molecule has 2 aromatic carbocycles. The van der Waals surface area contributed by atoms with Gasteiger partial charge in [-0.2, -0.15) is 13.2 Å². The third-order valence-corrected chi connectivity index (χ3v) is 6.01. The summed E-state index contributed by atoms with van der Waals surface area (Å²) in [5.41, 5.74) is 1.54. The minimum Gasteiger partial charge on any atom is -0.487 e. The fourth-order valence-electron chi connectivity index (χ4n) is 3.24. The molecule has 4 rings (SSSR count). The van der Waals surface area contributed by atoms with Crippen LogP contribution in [0, 0.1) is 6.92 Å². The van der Waals surface area contributed by atoms with Crippen LogP contribution in [0.4, 0.5) is 13.2 Å². The summed E-state index contributed by atoms with van der Waals surface area (Å²) in [5.74, 6) is 1.30. The maximum atomic E-state index is 12.8. The van der Waals surface area contributed by atoms with Gasteiger partial charge in [-0.25, -0.2) is 13.7 Å². The second-order valence-electron chi connectivity index (χ2n) is 7.67. The molecule has 0 aliphatic heterocycles. The Balaban J connectivity index is 1.44. The minimum atomic E-state index is -4.41. The van der Waals surface area contributed by atoms with Crippen LogP contribution in [-0.4, -0.2) is 13.9 Å². The van der Waals surface area contributed by atoms with Crippen molar-refractivity contribution in [1.29, 1.82) is 0 Å². The molecule has 1 N–H and O–H groups in total. The maximum Gasteiger partial charge on any atom is 0.416 e. The van der Waals surface area contributed by atoms with E-state index in [1.54, 1.807) is 13.0 Å². The molecule has 35 heavy (non-hydrogen) atoms. The maximum absolute atomic E-state index is 12.8. The van der Waals surface area contributed by atoms with Crippen LogP contribution in [0.3, 0.4) is 0 Å². The summed E-state index contributed by atoms with van der Waals surface area (Å²) >= 11 is 0.822. The van der Waals surface area contributed by atoms with Gasteiger partial charge >= 0.3 is 16.7 Å². The van der Waals surface area contributed by atoms with E-state index in [-0.39, 0.29) is 19.0 Å². The number of hydrogen-bond acceptors (Lipinski definition) is 6. The highest BCUT2D eigenvalue weighted by atomic mass is 32.1. The summed E-state index contributed by atoms with van der Waals surface area (Å²) in [6, 6.07) is 11.9. The topological polar surface area (TPSA) is 90.1 Å². The first-order valence-corrected chi connectivity index (χ1v) is 11.2. The van der Waals surface area contributed by atoms with E-state index in [9.17, 15) is 22.8 Å². The Morgan fingerprint density at radius 1 is 1.20 bits per heavy atom. The van der Waals surface area contributed by atoms with Gasteiger partial charge in [0.05, 0.1) is 12.1 Å². The quantitative estimate of drug-likeness (QED) is 0.372. The molecule has 0 saturated heterocycles. The molecule has 2 aromatic heterocycles. The van der Waals surface area contributed by atoms with Crippen molar-refractivity contribution in [3.8, 4) is 17.2 Å². The smallest absolute Gasteiger partial charge is 0.416 e. The Hall–Kier alpha value is -3.86. The molecule has 2 heterocycles. The van der Waals surface area contributed by atoms with Gasteiger partial charge < -0.3 is 9.15 Å². The number of ether oxygens (including phenoxy) is 1. The molecule has 0 fully saturated rings. The van der Waals surface area contributed by atoms with E-state index in [2.05, 4.69) is 9.97 Å². The van der Waals surface area contributed by atoms with Crippen molar-refractivity contribution >= 4 is 17.1 Å². The molecular formula is C24H20F3N3O4S. The molecule has 11 heteroatoms. The SMILES string of the molecule is C/C(=C\Cn1sc(=O)[nH]c1=O)c1cccc(OCc2nc(-c3ccc(C(F)(F)F)cc3)oc2C)c1. The number of allylic oxidation sites excluding steroid dienone is 2. The van der Waals surface area contributed by atoms with Crippen molar-refractivity contribution in [2.45, 2.75) is 33.2 Å². The largest absolute Gasteiger partial charge is 0.487 e. The van der Waals surface area contributed by atoms with Gasteiger partial charge in [-0.3, -0.25) is 9.78 Å². The number of hydrogen-bond donors (Lipinski definition) is 1. The van der Waals surface area contributed by atoms with Gasteiger partial charge in [0.2, 0.25) is 5.89 Å². The number of oxazole rings is 1. The van der Waals surface area contributed by atoms with E-state index in [1.165, 1.54) is 16.1 Å². The van der Waals surface area contributed by atoms with Gasteiger partial charge in [0.25, 0.3) is 0 Å². The van der Waals surface area contributed by atoms with E-state index in [0.717, 1.165) is 34.8 Å². The predicted octanol–water partition coefficient (Wildman–Crippen LogP) is 5.26. The molecule has 182 valence electrons. The van der Waals surface area contributed by atoms with Crippen LogP contribution in [0.25, 0.3) is 17.0 Å². The highest BCUT2D eigenvalue weighted by Gasteiger charge is 2.30. The van der Waals surface area contributed by atoms with Crippen LogP contribution < -0.4 is 15.3 Å². The lowest BCUT2D eigenvalue weighted by Crippen LogP contribution is -2.15. The number of aromatic nitrogens is 3. The molecule has 0 aliphatic carbocycles.